The van der Waals surface area contributed by atoms with E-state index in [0.29, 0.717) is 61.2 Å². The first-order valence-electron chi connectivity index (χ1n) is 12.0. The lowest BCUT2D eigenvalue weighted by molar-refractivity contribution is -0.137. The number of alkyl halides is 3. The molecule has 1 fully saturated rings. The molecule has 0 unspecified atom stereocenters. The second-order valence-electron chi connectivity index (χ2n) is 9.32. The third kappa shape index (κ3) is 6.30. The highest BCUT2D eigenvalue weighted by Crippen LogP contribution is 2.37. The molecule has 0 atom stereocenters. The van der Waals surface area contributed by atoms with Gasteiger partial charge < -0.3 is 14.7 Å². The van der Waals surface area contributed by atoms with Crippen LogP contribution >= 0.6 is 0 Å². The predicted molar refractivity (Wildman–Crippen MR) is 133 cm³/mol. The van der Waals surface area contributed by atoms with E-state index in [-0.39, 0.29) is 12.0 Å². The smallest absolute Gasteiger partial charge is 0.416 e. The van der Waals surface area contributed by atoms with Crippen LogP contribution in [0.2, 0.25) is 0 Å². The molecule has 0 bridgehead atoms. The van der Waals surface area contributed by atoms with E-state index in [4.69, 9.17) is 10.00 Å². The van der Waals surface area contributed by atoms with Crippen LogP contribution in [0.5, 0.6) is 0 Å². The monoisotopic (exact) mass is 508 g/mol. The van der Waals surface area contributed by atoms with Gasteiger partial charge in [0.1, 0.15) is 0 Å². The Hall–Kier alpha value is -3.83. The van der Waals surface area contributed by atoms with E-state index < -0.39 is 17.8 Å². The molecular formula is C29H27F3N2O3. The maximum Gasteiger partial charge on any atom is 0.416 e. The van der Waals surface area contributed by atoms with Gasteiger partial charge in [0.05, 0.1) is 30.4 Å². The van der Waals surface area contributed by atoms with Gasteiger partial charge in [-0.05, 0) is 65.8 Å². The summed E-state index contributed by atoms with van der Waals surface area (Å²) in [5.74, 6) is 0. The maximum absolute atomic E-state index is 13.6. The van der Waals surface area contributed by atoms with Crippen LogP contribution in [0.1, 0.15) is 35.1 Å². The van der Waals surface area contributed by atoms with Crippen molar-refractivity contribution in [2.24, 2.45) is 0 Å². The highest BCUT2D eigenvalue weighted by Gasteiger charge is 2.38. The van der Waals surface area contributed by atoms with Crippen LogP contribution in [0.4, 0.5) is 18.0 Å². The first-order valence-corrected chi connectivity index (χ1v) is 12.0. The summed E-state index contributed by atoms with van der Waals surface area (Å²) in [4.78, 5) is 12.8. The Labute approximate surface area is 213 Å². The number of hydrogen-bond acceptors (Lipinski definition) is 3. The number of hydrogen-bond donors (Lipinski definition) is 1. The van der Waals surface area contributed by atoms with Crippen molar-refractivity contribution in [3.05, 3.63) is 95.1 Å². The van der Waals surface area contributed by atoms with Crippen LogP contribution in [0, 0.1) is 11.3 Å². The third-order valence-corrected chi connectivity index (χ3v) is 6.96. The molecule has 0 aromatic heterocycles. The number of nitriles is 1. The number of piperidine rings is 1. The summed E-state index contributed by atoms with van der Waals surface area (Å²) in [6.45, 7) is 1.38. The molecule has 0 saturated carbocycles. The fourth-order valence-electron chi connectivity index (χ4n) is 4.80. The molecule has 1 aliphatic heterocycles. The number of ether oxygens (including phenoxy) is 1. The van der Waals surface area contributed by atoms with Gasteiger partial charge in [0.2, 0.25) is 0 Å². The van der Waals surface area contributed by atoms with E-state index in [2.05, 4.69) is 0 Å². The second-order valence-corrected chi connectivity index (χ2v) is 9.32. The molecule has 1 aliphatic rings. The number of likely N-dealkylation sites (tertiary alicyclic amines) is 1. The number of carboxylic acid groups (broad SMARTS) is 1. The summed E-state index contributed by atoms with van der Waals surface area (Å²) in [5, 5.41) is 18.3. The van der Waals surface area contributed by atoms with Crippen molar-refractivity contribution >= 4 is 6.09 Å². The summed E-state index contributed by atoms with van der Waals surface area (Å²) in [5.41, 5.74) is 1.95. The summed E-state index contributed by atoms with van der Waals surface area (Å²) in [6, 6.07) is 22.3. The van der Waals surface area contributed by atoms with Gasteiger partial charge in [-0.3, -0.25) is 0 Å². The number of halogens is 3. The molecular weight excluding hydrogens is 481 g/mol. The second kappa shape index (κ2) is 11.1. The molecule has 1 amide bonds. The maximum atomic E-state index is 13.6. The first-order chi connectivity index (χ1) is 17.7. The normalized spacial score (nSPS) is 15.2. The highest BCUT2D eigenvalue weighted by molar-refractivity contribution is 5.66. The average Bonchev–Trinajstić information content (AvgIpc) is 2.91. The minimum absolute atomic E-state index is 0.228. The van der Waals surface area contributed by atoms with Crippen molar-refractivity contribution in [3.63, 3.8) is 0 Å². The summed E-state index contributed by atoms with van der Waals surface area (Å²) in [7, 11) is 0. The van der Waals surface area contributed by atoms with E-state index in [0.717, 1.165) is 17.7 Å². The zero-order valence-corrected chi connectivity index (χ0v) is 20.2. The predicted octanol–water partition coefficient (Wildman–Crippen LogP) is 6.51. The van der Waals surface area contributed by atoms with Crippen LogP contribution < -0.4 is 0 Å². The summed E-state index contributed by atoms with van der Waals surface area (Å²) in [6.07, 6.45) is -3.93. The first kappa shape index (κ1) is 26.2. The van der Waals surface area contributed by atoms with Gasteiger partial charge in [-0.25, -0.2) is 4.79 Å². The number of amides is 1. The standard InChI is InChI=1S/C29H27F3N2O3/c30-29(31,32)26-17-22(16-24(18-26)23-8-6-21(19-33)7-9-23)10-15-37-20-28(25-4-2-1-3-5-25)11-13-34(14-12-28)27(35)36/h1-9,16-18H,10-15,20H2,(H,35,36). The van der Waals surface area contributed by atoms with Crippen LogP contribution in [0.3, 0.4) is 0 Å². The molecule has 3 aromatic carbocycles. The van der Waals surface area contributed by atoms with Crippen molar-refractivity contribution in [2.75, 3.05) is 26.3 Å². The third-order valence-electron chi connectivity index (χ3n) is 6.96. The molecule has 8 heteroatoms. The van der Waals surface area contributed by atoms with Crippen molar-refractivity contribution in [2.45, 2.75) is 30.9 Å². The minimum Gasteiger partial charge on any atom is -0.465 e. The van der Waals surface area contributed by atoms with Gasteiger partial charge in [0.25, 0.3) is 0 Å². The van der Waals surface area contributed by atoms with E-state index in [1.165, 1.54) is 4.90 Å². The van der Waals surface area contributed by atoms with Gasteiger partial charge in [-0.2, -0.15) is 18.4 Å². The average molecular weight is 509 g/mol. The molecule has 4 rings (SSSR count). The fraction of sp³-hybridized carbons (Fsp3) is 0.310. The van der Waals surface area contributed by atoms with E-state index in [1.807, 2.05) is 36.4 Å². The van der Waals surface area contributed by atoms with Crippen molar-refractivity contribution in [3.8, 4) is 17.2 Å². The topological polar surface area (TPSA) is 73.6 Å². The SMILES string of the molecule is N#Cc1ccc(-c2cc(CCOCC3(c4ccccc4)CCN(C(=O)O)CC3)cc(C(F)(F)F)c2)cc1. The van der Waals surface area contributed by atoms with Gasteiger partial charge in [-0.1, -0.05) is 48.5 Å². The van der Waals surface area contributed by atoms with E-state index in [9.17, 15) is 23.1 Å². The van der Waals surface area contributed by atoms with Gasteiger partial charge in [0, 0.05) is 18.5 Å². The van der Waals surface area contributed by atoms with E-state index in [1.54, 1.807) is 30.3 Å². The Balaban J connectivity index is 1.48. The zero-order valence-electron chi connectivity index (χ0n) is 20.2. The lowest BCUT2D eigenvalue weighted by atomic mass is 9.73. The quantitative estimate of drug-likeness (QED) is 0.369. The van der Waals surface area contributed by atoms with Crippen molar-refractivity contribution in [1.82, 2.24) is 4.90 Å². The number of nitrogens with zero attached hydrogens (tertiary/aromatic N) is 2. The summed E-state index contributed by atoms with van der Waals surface area (Å²) < 4.78 is 46.9. The largest absolute Gasteiger partial charge is 0.465 e. The molecule has 5 nitrogen and oxygen atoms in total. The van der Waals surface area contributed by atoms with Gasteiger partial charge in [-0.15, -0.1) is 0 Å². The molecule has 0 aliphatic carbocycles. The van der Waals surface area contributed by atoms with E-state index >= 15 is 0 Å². The van der Waals surface area contributed by atoms with Crippen molar-refractivity contribution in [1.29, 1.82) is 5.26 Å². The zero-order chi connectivity index (χ0) is 26.5. The Morgan fingerprint density at radius 1 is 1.00 bits per heavy atom. The summed E-state index contributed by atoms with van der Waals surface area (Å²) >= 11 is 0. The molecule has 0 spiro atoms. The lowest BCUT2D eigenvalue weighted by Crippen LogP contribution is -2.47. The van der Waals surface area contributed by atoms with Crippen LogP contribution in [0.15, 0.2) is 72.8 Å². The Morgan fingerprint density at radius 2 is 1.68 bits per heavy atom. The Kier molecular flexibility index (Phi) is 7.84. The van der Waals surface area contributed by atoms with Gasteiger partial charge in [0.15, 0.2) is 0 Å². The lowest BCUT2D eigenvalue weighted by Gasteiger charge is -2.41. The molecule has 0 radical (unpaired) electrons. The number of carbonyl (C=O) groups is 1. The molecule has 37 heavy (non-hydrogen) atoms. The van der Waals surface area contributed by atoms with Crippen molar-refractivity contribution < 1.29 is 27.8 Å². The number of rotatable bonds is 7. The Bertz CT molecular complexity index is 1260. The minimum atomic E-state index is -4.49. The van der Waals surface area contributed by atoms with Crippen LogP contribution in [-0.2, 0) is 22.7 Å². The molecule has 192 valence electrons. The fourth-order valence-corrected chi connectivity index (χ4v) is 4.80. The van der Waals surface area contributed by atoms with Gasteiger partial charge >= 0.3 is 12.3 Å². The van der Waals surface area contributed by atoms with Crippen LogP contribution in [0.25, 0.3) is 11.1 Å². The molecule has 1 N–H and O–H groups in total. The molecule has 1 heterocycles. The number of benzene rings is 3. The molecule has 3 aromatic rings. The highest BCUT2D eigenvalue weighted by atomic mass is 19.4. The Morgan fingerprint density at radius 3 is 2.27 bits per heavy atom. The molecule has 1 saturated heterocycles. The van der Waals surface area contributed by atoms with Crippen LogP contribution in [-0.4, -0.2) is 42.4 Å².